The van der Waals surface area contributed by atoms with Gasteiger partial charge in [0.1, 0.15) is 6.10 Å². The van der Waals surface area contributed by atoms with E-state index >= 15 is 0 Å². The molecule has 1 aliphatic heterocycles. The van der Waals surface area contributed by atoms with Crippen molar-refractivity contribution in [1.82, 2.24) is 14.9 Å². The fourth-order valence-electron chi connectivity index (χ4n) is 2.58. The molecule has 6 nitrogen and oxygen atoms in total. The van der Waals surface area contributed by atoms with E-state index in [1.807, 2.05) is 23.3 Å². The average molecular weight is 333 g/mol. The van der Waals surface area contributed by atoms with Crippen LogP contribution in [-0.4, -0.2) is 47.1 Å². The van der Waals surface area contributed by atoms with E-state index in [0.29, 0.717) is 12.4 Å². The first-order chi connectivity index (χ1) is 11.2. The van der Waals surface area contributed by atoms with Crippen LogP contribution in [-0.2, 0) is 0 Å². The van der Waals surface area contributed by atoms with Crippen LogP contribution in [0, 0.1) is 6.92 Å². The third-order valence-electron chi connectivity index (χ3n) is 3.68. The van der Waals surface area contributed by atoms with Crippen LogP contribution in [0.2, 0.25) is 0 Å². The molecule has 2 aromatic rings. The Morgan fingerprint density at radius 1 is 1.48 bits per heavy atom. The highest BCUT2D eigenvalue weighted by molar-refractivity contribution is 7.12. The predicted molar refractivity (Wildman–Crippen MR) is 87.2 cm³/mol. The van der Waals surface area contributed by atoms with Gasteiger partial charge in [0.05, 0.1) is 18.5 Å². The first-order valence-electron chi connectivity index (χ1n) is 7.54. The van der Waals surface area contributed by atoms with Crippen LogP contribution >= 0.6 is 11.3 Å². The maximum Gasteiger partial charge on any atom is 0.319 e. The van der Waals surface area contributed by atoms with Crippen molar-refractivity contribution in [2.24, 2.45) is 0 Å². The van der Waals surface area contributed by atoms with Gasteiger partial charge in [0.2, 0.25) is 5.88 Å². The molecule has 0 aliphatic carbocycles. The molecule has 0 N–H and O–H groups in total. The zero-order valence-electron chi connectivity index (χ0n) is 13.2. The molecule has 1 saturated heterocycles. The molecule has 1 fully saturated rings. The maximum atomic E-state index is 12.5. The van der Waals surface area contributed by atoms with Crippen LogP contribution in [0.4, 0.5) is 0 Å². The number of aryl methyl sites for hydroxylation is 1. The highest BCUT2D eigenvalue weighted by Crippen LogP contribution is 2.21. The van der Waals surface area contributed by atoms with E-state index in [4.69, 9.17) is 9.47 Å². The smallest absolute Gasteiger partial charge is 0.319 e. The zero-order chi connectivity index (χ0) is 16.2. The first-order valence-corrected chi connectivity index (χ1v) is 8.42. The number of aromatic nitrogens is 2. The number of piperidine rings is 1. The topological polar surface area (TPSA) is 64.6 Å². The van der Waals surface area contributed by atoms with Gasteiger partial charge in [-0.2, -0.15) is 4.98 Å². The van der Waals surface area contributed by atoms with E-state index in [1.165, 1.54) is 18.4 Å². The summed E-state index contributed by atoms with van der Waals surface area (Å²) < 4.78 is 10.9. The van der Waals surface area contributed by atoms with E-state index in [9.17, 15) is 4.79 Å². The lowest BCUT2D eigenvalue weighted by Crippen LogP contribution is -2.44. The van der Waals surface area contributed by atoms with Crippen molar-refractivity contribution in [2.45, 2.75) is 25.9 Å². The molecule has 0 aromatic carbocycles. The van der Waals surface area contributed by atoms with E-state index < -0.39 is 0 Å². The number of nitrogens with zero attached hydrogens (tertiary/aromatic N) is 3. The molecule has 7 heteroatoms. The van der Waals surface area contributed by atoms with Crippen molar-refractivity contribution in [3.63, 3.8) is 0 Å². The summed E-state index contributed by atoms with van der Waals surface area (Å²) in [6, 6.07) is 3.92. The minimum Gasteiger partial charge on any atom is -0.472 e. The molecule has 0 bridgehead atoms. The molecule has 1 unspecified atom stereocenters. The highest BCUT2D eigenvalue weighted by Gasteiger charge is 2.26. The van der Waals surface area contributed by atoms with Crippen molar-refractivity contribution < 1.29 is 14.3 Å². The second-order valence-corrected chi connectivity index (χ2v) is 6.41. The third-order valence-corrected chi connectivity index (χ3v) is 4.72. The number of likely N-dealkylation sites (tertiary alicyclic amines) is 1. The standard InChI is InChI=1S/C16H19N3O3S/c1-11-8-13(23-10-11)15(20)19-7-3-4-12(9-19)22-14-5-6-17-16(18-14)21-2/h5-6,8,10,12H,3-4,7,9H2,1-2H3. The quantitative estimate of drug-likeness (QED) is 0.860. The molecule has 23 heavy (non-hydrogen) atoms. The Morgan fingerprint density at radius 3 is 3.09 bits per heavy atom. The minimum atomic E-state index is -0.0617. The molecular weight excluding hydrogens is 314 g/mol. The van der Waals surface area contributed by atoms with E-state index in [1.54, 1.807) is 12.3 Å². The van der Waals surface area contributed by atoms with E-state index in [2.05, 4.69) is 9.97 Å². The fraction of sp³-hybridized carbons (Fsp3) is 0.438. The zero-order valence-corrected chi connectivity index (χ0v) is 14.0. The molecule has 0 radical (unpaired) electrons. The number of carbonyl (C=O) groups is 1. The van der Waals surface area contributed by atoms with E-state index in [-0.39, 0.29) is 18.0 Å². The monoisotopic (exact) mass is 333 g/mol. The molecule has 122 valence electrons. The van der Waals surface area contributed by atoms with Crippen molar-refractivity contribution in [2.75, 3.05) is 20.2 Å². The second kappa shape index (κ2) is 6.95. The summed E-state index contributed by atoms with van der Waals surface area (Å²) in [4.78, 5) is 23.3. The van der Waals surface area contributed by atoms with Gasteiger partial charge in [-0.05, 0) is 36.8 Å². The van der Waals surface area contributed by atoms with Gasteiger partial charge in [0.15, 0.2) is 0 Å². The molecule has 3 heterocycles. The van der Waals surface area contributed by atoms with Crippen molar-refractivity contribution in [1.29, 1.82) is 0 Å². The first kappa shape index (κ1) is 15.7. The van der Waals surface area contributed by atoms with Gasteiger partial charge >= 0.3 is 6.01 Å². The van der Waals surface area contributed by atoms with Crippen LogP contribution in [0.1, 0.15) is 28.1 Å². The van der Waals surface area contributed by atoms with Crippen LogP contribution in [0.25, 0.3) is 0 Å². The van der Waals surface area contributed by atoms with Crippen LogP contribution < -0.4 is 9.47 Å². The number of ether oxygens (including phenoxy) is 2. The molecule has 2 aromatic heterocycles. The summed E-state index contributed by atoms with van der Waals surface area (Å²) in [6.45, 7) is 3.34. The lowest BCUT2D eigenvalue weighted by Gasteiger charge is -2.32. The van der Waals surface area contributed by atoms with Gasteiger partial charge in [-0.15, -0.1) is 11.3 Å². The third kappa shape index (κ3) is 3.79. The molecule has 0 spiro atoms. The fourth-order valence-corrected chi connectivity index (χ4v) is 3.44. The molecule has 1 amide bonds. The number of thiophene rings is 1. The largest absolute Gasteiger partial charge is 0.472 e. The van der Waals surface area contributed by atoms with Gasteiger partial charge in [0.25, 0.3) is 5.91 Å². The number of amides is 1. The SMILES string of the molecule is COc1nccc(OC2CCCN(C(=O)c3cc(C)cs3)C2)n1. The minimum absolute atomic E-state index is 0.0617. The summed E-state index contributed by atoms with van der Waals surface area (Å²) in [5.41, 5.74) is 1.12. The number of carbonyl (C=O) groups excluding carboxylic acids is 1. The summed E-state index contributed by atoms with van der Waals surface area (Å²) in [5.74, 6) is 0.555. The van der Waals surface area contributed by atoms with Crippen LogP contribution in [0.15, 0.2) is 23.7 Å². The Labute approximate surface area is 139 Å². The Hall–Kier alpha value is -2.15. The predicted octanol–water partition coefficient (Wildman–Crippen LogP) is 2.54. The Bertz CT molecular complexity index is 689. The molecule has 0 saturated carbocycles. The van der Waals surface area contributed by atoms with Gasteiger partial charge in [0, 0.05) is 18.8 Å². The van der Waals surface area contributed by atoms with Crippen LogP contribution in [0.3, 0.4) is 0 Å². The molecule has 1 aliphatic rings. The lowest BCUT2D eigenvalue weighted by atomic mass is 10.1. The molecule has 3 rings (SSSR count). The lowest BCUT2D eigenvalue weighted by molar-refractivity contribution is 0.0530. The van der Waals surface area contributed by atoms with Crippen molar-refractivity contribution in [3.8, 4) is 11.9 Å². The van der Waals surface area contributed by atoms with Gasteiger partial charge < -0.3 is 14.4 Å². The second-order valence-electron chi connectivity index (χ2n) is 5.50. The normalized spacial score (nSPS) is 17.8. The van der Waals surface area contributed by atoms with E-state index in [0.717, 1.165) is 29.8 Å². The van der Waals surface area contributed by atoms with Crippen molar-refractivity contribution >= 4 is 17.2 Å². The van der Waals surface area contributed by atoms with Crippen LogP contribution in [0.5, 0.6) is 11.9 Å². The van der Waals surface area contributed by atoms with Crippen molar-refractivity contribution in [3.05, 3.63) is 34.2 Å². The maximum absolute atomic E-state index is 12.5. The number of hydrogen-bond acceptors (Lipinski definition) is 6. The molecular formula is C16H19N3O3S. The van der Waals surface area contributed by atoms with Gasteiger partial charge in [-0.25, -0.2) is 4.98 Å². The summed E-state index contributed by atoms with van der Waals surface area (Å²) in [7, 11) is 1.52. The highest BCUT2D eigenvalue weighted by atomic mass is 32.1. The summed E-state index contributed by atoms with van der Waals surface area (Å²) >= 11 is 1.49. The Balaban J connectivity index is 1.64. The van der Waals surface area contributed by atoms with Gasteiger partial charge in [-0.3, -0.25) is 4.79 Å². The average Bonchev–Trinajstić information content (AvgIpc) is 3.01. The number of hydrogen-bond donors (Lipinski definition) is 0. The molecule has 1 atom stereocenters. The summed E-state index contributed by atoms with van der Waals surface area (Å²) in [5, 5.41) is 2.00. The summed E-state index contributed by atoms with van der Waals surface area (Å²) in [6.07, 6.45) is 3.36. The Morgan fingerprint density at radius 2 is 2.35 bits per heavy atom. The van der Waals surface area contributed by atoms with Gasteiger partial charge in [-0.1, -0.05) is 0 Å². The number of methoxy groups -OCH3 is 1. The Kier molecular flexibility index (Phi) is 4.76. The number of rotatable bonds is 4.